The number of thioether (sulfide) groups is 1. The van der Waals surface area contributed by atoms with Gasteiger partial charge in [-0.2, -0.15) is 0 Å². The van der Waals surface area contributed by atoms with Crippen LogP contribution in [0.1, 0.15) is 18.6 Å². The summed E-state index contributed by atoms with van der Waals surface area (Å²) >= 11 is 1.56. The Morgan fingerprint density at radius 3 is 2.76 bits per heavy atom. The number of aliphatic hydroxyl groups is 1. The van der Waals surface area contributed by atoms with Crippen molar-refractivity contribution < 1.29 is 19.4 Å². The molecule has 1 atom stereocenters. The predicted molar refractivity (Wildman–Crippen MR) is 66.4 cm³/mol. The first-order valence-corrected chi connectivity index (χ1v) is 6.43. The molecule has 0 aliphatic rings. The molecule has 0 spiro atoms. The Kier molecular flexibility index (Phi) is 5.31. The van der Waals surface area contributed by atoms with Gasteiger partial charge in [-0.3, -0.25) is 0 Å². The Morgan fingerprint density at radius 2 is 2.24 bits per heavy atom. The molecule has 0 heterocycles. The number of ether oxygens (including phenoxy) is 2. The molecule has 0 bridgehead atoms. The Labute approximate surface area is 105 Å². The Morgan fingerprint density at radius 1 is 1.53 bits per heavy atom. The fourth-order valence-electron chi connectivity index (χ4n) is 1.39. The van der Waals surface area contributed by atoms with Crippen molar-refractivity contribution in [3.8, 4) is 5.75 Å². The highest BCUT2D eigenvalue weighted by molar-refractivity contribution is 7.98. The van der Waals surface area contributed by atoms with E-state index in [1.54, 1.807) is 30.8 Å². The zero-order chi connectivity index (χ0) is 12.8. The molecule has 1 aromatic rings. The SMILES string of the molecule is CCOC(=O)C(O)c1ccc(SC)cc1OC. The van der Waals surface area contributed by atoms with Crippen molar-refractivity contribution in [1.29, 1.82) is 0 Å². The molecule has 0 saturated heterocycles. The number of carbonyl (C=O) groups excluding carboxylic acids is 1. The van der Waals surface area contributed by atoms with E-state index in [0.29, 0.717) is 11.3 Å². The molecular formula is C12H16O4S. The van der Waals surface area contributed by atoms with Crippen LogP contribution >= 0.6 is 11.8 Å². The number of rotatable bonds is 5. The number of hydrogen-bond acceptors (Lipinski definition) is 5. The molecule has 0 aromatic heterocycles. The normalized spacial score (nSPS) is 12.0. The van der Waals surface area contributed by atoms with E-state index in [1.165, 1.54) is 7.11 Å². The summed E-state index contributed by atoms with van der Waals surface area (Å²) in [7, 11) is 1.50. The van der Waals surface area contributed by atoms with Gasteiger partial charge in [-0.25, -0.2) is 4.79 Å². The standard InChI is InChI=1S/C12H16O4S/c1-4-16-12(14)11(13)9-6-5-8(17-3)7-10(9)15-2/h5-7,11,13H,4H2,1-3H3. The molecule has 0 fully saturated rings. The second kappa shape index (κ2) is 6.51. The summed E-state index contributed by atoms with van der Waals surface area (Å²) in [5.74, 6) is -0.180. The Balaban J connectivity index is 3.00. The van der Waals surface area contributed by atoms with Gasteiger partial charge in [0, 0.05) is 10.5 Å². The molecule has 1 unspecified atom stereocenters. The topological polar surface area (TPSA) is 55.8 Å². The van der Waals surface area contributed by atoms with Gasteiger partial charge in [0.25, 0.3) is 0 Å². The first-order valence-electron chi connectivity index (χ1n) is 5.20. The van der Waals surface area contributed by atoms with E-state index < -0.39 is 12.1 Å². The molecule has 0 aliphatic heterocycles. The van der Waals surface area contributed by atoms with Crippen LogP contribution in [-0.4, -0.2) is 31.0 Å². The Hall–Kier alpha value is -1.20. The summed E-state index contributed by atoms with van der Waals surface area (Å²) in [5.41, 5.74) is 0.420. The summed E-state index contributed by atoms with van der Waals surface area (Å²) in [6, 6.07) is 5.28. The highest BCUT2D eigenvalue weighted by atomic mass is 32.2. The maximum atomic E-state index is 11.4. The van der Waals surface area contributed by atoms with Crippen LogP contribution in [0.25, 0.3) is 0 Å². The summed E-state index contributed by atoms with van der Waals surface area (Å²) < 4.78 is 9.92. The molecule has 0 aliphatic carbocycles. The van der Waals surface area contributed by atoms with Gasteiger partial charge >= 0.3 is 5.97 Å². The first kappa shape index (κ1) is 13.9. The predicted octanol–water partition coefficient (Wildman–Crippen LogP) is 2.01. The fourth-order valence-corrected chi connectivity index (χ4v) is 1.82. The molecule has 1 aromatic carbocycles. The van der Waals surface area contributed by atoms with Crippen molar-refractivity contribution in [2.75, 3.05) is 20.0 Å². The van der Waals surface area contributed by atoms with Crippen LogP contribution in [0.2, 0.25) is 0 Å². The van der Waals surface area contributed by atoms with Gasteiger partial charge in [-0.1, -0.05) is 6.07 Å². The molecular weight excluding hydrogens is 240 g/mol. The molecule has 94 valence electrons. The van der Waals surface area contributed by atoms with Gasteiger partial charge in [0.15, 0.2) is 6.10 Å². The zero-order valence-electron chi connectivity index (χ0n) is 10.1. The quantitative estimate of drug-likeness (QED) is 0.645. The smallest absolute Gasteiger partial charge is 0.339 e. The van der Waals surface area contributed by atoms with Crippen molar-refractivity contribution in [1.82, 2.24) is 0 Å². The lowest BCUT2D eigenvalue weighted by atomic mass is 10.1. The largest absolute Gasteiger partial charge is 0.496 e. The van der Waals surface area contributed by atoms with E-state index in [9.17, 15) is 9.90 Å². The number of benzene rings is 1. The van der Waals surface area contributed by atoms with Gasteiger partial charge in [0.1, 0.15) is 5.75 Å². The van der Waals surface area contributed by atoms with Crippen molar-refractivity contribution in [3.05, 3.63) is 23.8 Å². The minimum atomic E-state index is -1.30. The minimum Gasteiger partial charge on any atom is -0.496 e. The van der Waals surface area contributed by atoms with E-state index in [2.05, 4.69) is 0 Å². The molecule has 4 nitrogen and oxygen atoms in total. The number of methoxy groups -OCH3 is 1. The third kappa shape index (κ3) is 3.38. The summed E-state index contributed by atoms with van der Waals surface area (Å²) in [6.07, 6.45) is 0.636. The lowest BCUT2D eigenvalue weighted by Gasteiger charge is -2.14. The summed E-state index contributed by atoms with van der Waals surface area (Å²) in [6.45, 7) is 1.93. The molecule has 0 amide bonds. The van der Waals surface area contributed by atoms with E-state index >= 15 is 0 Å². The molecule has 0 radical (unpaired) electrons. The monoisotopic (exact) mass is 256 g/mol. The third-order valence-corrected chi connectivity index (χ3v) is 2.97. The second-order valence-electron chi connectivity index (χ2n) is 3.26. The summed E-state index contributed by atoms with van der Waals surface area (Å²) in [5, 5.41) is 9.83. The van der Waals surface area contributed by atoms with Crippen molar-refractivity contribution in [2.45, 2.75) is 17.9 Å². The van der Waals surface area contributed by atoms with E-state index in [-0.39, 0.29) is 6.61 Å². The average molecular weight is 256 g/mol. The summed E-state index contributed by atoms with van der Waals surface area (Å²) in [4.78, 5) is 12.4. The number of esters is 1. The molecule has 17 heavy (non-hydrogen) atoms. The average Bonchev–Trinajstić information content (AvgIpc) is 2.37. The first-order chi connectivity index (χ1) is 8.13. The highest BCUT2D eigenvalue weighted by Gasteiger charge is 2.22. The van der Waals surface area contributed by atoms with Crippen molar-refractivity contribution >= 4 is 17.7 Å². The molecule has 1 rings (SSSR count). The van der Waals surface area contributed by atoms with Crippen LogP contribution in [0.15, 0.2) is 23.1 Å². The lowest BCUT2D eigenvalue weighted by molar-refractivity contribution is -0.153. The molecule has 0 saturated carbocycles. The van der Waals surface area contributed by atoms with Crippen LogP contribution in [0, 0.1) is 0 Å². The number of hydrogen-bond donors (Lipinski definition) is 1. The van der Waals surface area contributed by atoms with E-state index in [4.69, 9.17) is 9.47 Å². The van der Waals surface area contributed by atoms with E-state index in [1.807, 2.05) is 12.3 Å². The maximum Gasteiger partial charge on any atom is 0.339 e. The van der Waals surface area contributed by atoms with E-state index in [0.717, 1.165) is 4.90 Å². The van der Waals surface area contributed by atoms with Crippen molar-refractivity contribution in [2.24, 2.45) is 0 Å². The highest BCUT2D eigenvalue weighted by Crippen LogP contribution is 2.30. The van der Waals surface area contributed by atoms with Gasteiger partial charge in [0.05, 0.1) is 13.7 Å². The van der Waals surface area contributed by atoms with Gasteiger partial charge in [0.2, 0.25) is 0 Å². The minimum absolute atomic E-state index is 0.237. The lowest BCUT2D eigenvalue weighted by Crippen LogP contribution is -2.16. The fraction of sp³-hybridized carbons (Fsp3) is 0.417. The number of aliphatic hydroxyl groups excluding tert-OH is 1. The van der Waals surface area contributed by atoms with Gasteiger partial charge < -0.3 is 14.6 Å². The van der Waals surface area contributed by atoms with Gasteiger partial charge in [-0.05, 0) is 25.3 Å². The van der Waals surface area contributed by atoms with Crippen molar-refractivity contribution in [3.63, 3.8) is 0 Å². The third-order valence-electron chi connectivity index (χ3n) is 2.25. The maximum absolute atomic E-state index is 11.4. The van der Waals surface area contributed by atoms with Crippen LogP contribution in [0.4, 0.5) is 0 Å². The van der Waals surface area contributed by atoms with Gasteiger partial charge in [-0.15, -0.1) is 11.8 Å². The van der Waals surface area contributed by atoms with Crippen LogP contribution in [0.3, 0.4) is 0 Å². The van der Waals surface area contributed by atoms with Crippen LogP contribution < -0.4 is 4.74 Å². The molecule has 1 N–H and O–H groups in total. The zero-order valence-corrected chi connectivity index (χ0v) is 10.9. The van der Waals surface area contributed by atoms with Crippen LogP contribution in [0.5, 0.6) is 5.75 Å². The molecule has 5 heteroatoms. The van der Waals surface area contributed by atoms with Crippen LogP contribution in [-0.2, 0) is 9.53 Å². The second-order valence-corrected chi connectivity index (χ2v) is 4.14. The number of carbonyl (C=O) groups is 1. The Bertz CT molecular complexity index is 392.